The molecule has 62 heavy (non-hydrogen) atoms. The summed E-state index contributed by atoms with van der Waals surface area (Å²) in [6.07, 6.45) is 16.8. The summed E-state index contributed by atoms with van der Waals surface area (Å²) < 4.78 is 35.3. The third-order valence-electron chi connectivity index (χ3n) is 12.0. The summed E-state index contributed by atoms with van der Waals surface area (Å²) >= 11 is 3.45. The van der Waals surface area contributed by atoms with E-state index in [1.54, 1.807) is 39.6 Å². The highest BCUT2D eigenvalue weighted by Crippen LogP contribution is 2.36. The van der Waals surface area contributed by atoms with Gasteiger partial charge in [0.2, 0.25) is 0 Å². The summed E-state index contributed by atoms with van der Waals surface area (Å²) in [6.45, 7) is 9.34. The number of likely N-dealkylation sites (tertiary alicyclic amines) is 1. The first-order chi connectivity index (χ1) is 29.9. The number of piperidine rings is 2. The number of hydrogen-bond acceptors (Lipinski definition) is 9. The predicted octanol–water partition coefficient (Wildman–Crippen LogP) is 9.74. The topological polar surface area (TPSA) is 136 Å². The Kier molecular flexibility index (Phi) is 11.7. The van der Waals surface area contributed by atoms with Crippen LogP contribution in [-0.4, -0.2) is 85.6 Å². The Morgan fingerprint density at radius 3 is 1.85 bits per heavy atom. The van der Waals surface area contributed by atoms with Crippen LogP contribution in [0.1, 0.15) is 82.3 Å². The van der Waals surface area contributed by atoms with E-state index in [1.807, 2.05) is 56.5 Å². The number of benzene rings is 3. The average molecular weight is 916 g/mol. The number of carbonyl (C=O) groups excluding carboxylic acids is 1. The third kappa shape index (κ3) is 9.18. The van der Waals surface area contributed by atoms with Gasteiger partial charge in [0.1, 0.15) is 5.60 Å². The molecule has 0 radical (unpaired) electrons. The molecular weight excluding hydrogens is 865 g/mol. The van der Waals surface area contributed by atoms with Crippen molar-refractivity contribution in [3.63, 3.8) is 0 Å². The van der Waals surface area contributed by atoms with Crippen molar-refractivity contribution in [3.8, 4) is 33.4 Å². The van der Waals surface area contributed by atoms with E-state index < -0.39 is 15.4 Å². The minimum Gasteiger partial charge on any atom is -0.444 e. The lowest BCUT2D eigenvalue weighted by Crippen LogP contribution is -2.41. The fourth-order valence-corrected chi connectivity index (χ4v) is 10.5. The fourth-order valence-electron chi connectivity index (χ4n) is 8.41. The van der Waals surface area contributed by atoms with Crippen LogP contribution in [0.2, 0.25) is 0 Å². The molecule has 2 saturated heterocycles. The van der Waals surface area contributed by atoms with E-state index in [4.69, 9.17) is 4.74 Å². The van der Waals surface area contributed by atoms with Crippen LogP contribution >= 0.6 is 15.9 Å². The lowest BCUT2D eigenvalue weighted by Gasteiger charge is -2.33. The van der Waals surface area contributed by atoms with Gasteiger partial charge in [0.05, 0.1) is 27.0 Å². The van der Waals surface area contributed by atoms with E-state index >= 15 is 0 Å². The Balaban J connectivity index is 0.000000160. The first kappa shape index (κ1) is 41.9. The van der Waals surface area contributed by atoms with E-state index in [9.17, 15) is 13.2 Å². The zero-order valence-electron chi connectivity index (χ0n) is 35.2. The third-order valence-corrected chi connectivity index (χ3v) is 14.8. The zero-order valence-corrected chi connectivity index (χ0v) is 37.6. The average Bonchev–Trinajstić information content (AvgIpc) is 3.99. The van der Waals surface area contributed by atoms with Gasteiger partial charge >= 0.3 is 6.09 Å². The molecule has 2 aliphatic heterocycles. The Hall–Kier alpha value is -5.44. The van der Waals surface area contributed by atoms with Gasteiger partial charge in [-0.2, -0.15) is 10.2 Å². The number of rotatable bonds is 7. The van der Waals surface area contributed by atoms with Crippen LogP contribution in [0.25, 0.3) is 44.7 Å². The molecule has 3 aromatic carbocycles. The monoisotopic (exact) mass is 914 g/mol. The van der Waals surface area contributed by atoms with E-state index in [-0.39, 0.29) is 11.3 Å². The molecule has 6 heterocycles. The van der Waals surface area contributed by atoms with Crippen LogP contribution in [0.5, 0.6) is 0 Å². The number of hydrogen-bond donors (Lipinski definition) is 1. The molecule has 0 atom stereocenters. The molecule has 10 rings (SSSR count). The highest BCUT2D eigenvalue weighted by molar-refractivity contribution is 9.10. The highest BCUT2D eigenvalue weighted by atomic mass is 79.9. The number of amides is 1. The SMILES string of the molecule is CC(C)(C)OC(=O)N1CCC(c2ccc(-c3cnc4c(Br)cnn4c3)cc2)CC1.O=S(=O)(c1cccc(-c2cnn3cc(-c4ccc(C5CCNCC5)cc4)cnc23)c1)C1CC1. The summed E-state index contributed by atoms with van der Waals surface area (Å²) in [6, 6.07) is 24.6. The number of sulfone groups is 1. The highest BCUT2D eigenvalue weighted by Gasteiger charge is 2.37. The molecule has 3 aliphatic rings. The van der Waals surface area contributed by atoms with E-state index in [0.29, 0.717) is 22.4 Å². The number of carbonyl (C=O) groups is 1. The zero-order chi connectivity index (χ0) is 43.0. The molecule has 1 N–H and O–H groups in total. The standard InChI is InChI=1S/C26H26N4O2S.C22H25BrN4O2/c31-33(32,23-8-9-23)24-3-1-2-21(14-24)25-16-29-30-17-22(15-28-26(25)30)19-6-4-18(5-7-19)20-10-12-27-13-11-20;1-22(2,3)29-21(28)26-10-8-17(9-11-26)15-4-6-16(7-5-15)18-12-24-20-19(23)13-25-27(20)14-18/h1-7,14-17,20,23,27H,8-13H2;4-7,12-14,17H,8-11H2,1-3H3. The minimum atomic E-state index is -3.24. The first-order valence-electron chi connectivity index (χ1n) is 21.5. The largest absolute Gasteiger partial charge is 0.444 e. The van der Waals surface area contributed by atoms with Crippen LogP contribution in [-0.2, 0) is 14.6 Å². The van der Waals surface area contributed by atoms with Gasteiger partial charge in [-0.3, -0.25) is 0 Å². The number of nitrogens with one attached hydrogen (secondary N) is 1. The van der Waals surface area contributed by atoms with Crippen LogP contribution in [0.4, 0.5) is 4.79 Å². The van der Waals surface area contributed by atoms with Gasteiger partial charge < -0.3 is 15.0 Å². The van der Waals surface area contributed by atoms with Crippen molar-refractivity contribution in [1.29, 1.82) is 0 Å². The van der Waals surface area contributed by atoms with Crippen molar-refractivity contribution in [2.75, 3.05) is 26.2 Å². The Morgan fingerprint density at radius 2 is 1.26 bits per heavy atom. The smallest absolute Gasteiger partial charge is 0.410 e. The fraction of sp³-hybridized carbons (Fsp3) is 0.354. The molecule has 12 nitrogen and oxygen atoms in total. The molecule has 0 unspecified atom stereocenters. The molecule has 14 heteroatoms. The van der Waals surface area contributed by atoms with Gasteiger partial charge in [-0.25, -0.2) is 32.2 Å². The number of fused-ring (bicyclic) bond motifs is 2. The van der Waals surface area contributed by atoms with Crippen molar-refractivity contribution in [1.82, 2.24) is 39.4 Å². The Morgan fingerprint density at radius 1 is 0.694 bits per heavy atom. The number of halogens is 1. The Labute approximate surface area is 370 Å². The second kappa shape index (κ2) is 17.4. The summed E-state index contributed by atoms with van der Waals surface area (Å²) in [4.78, 5) is 23.6. The molecule has 1 saturated carbocycles. The molecule has 7 aromatic rings. The lowest BCUT2D eigenvalue weighted by atomic mass is 9.89. The van der Waals surface area contributed by atoms with Gasteiger partial charge in [0, 0.05) is 54.6 Å². The van der Waals surface area contributed by atoms with E-state index in [0.717, 1.165) is 95.4 Å². The van der Waals surface area contributed by atoms with Gasteiger partial charge in [-0.15, -0.1) is 0 Å². The molecular formula is C48H51BrN8O4S. The second-order valence-corrected chi connectivity index (χ2v) is 20.6. The first-order valence-corrected chi connectivity index (χ1v) is 23.8. The lowest BCUT2D eigenvalue weighted by molar-refractivity contribution is 0.0205. The van der Waals surface area contributed by atoms with Gasteiger partial charge in [0.25, 0.3) is 0 Å². The van der Waals surface area contributed by atoms with Gasteiger partial charge in [-0.1, -0.05) is 60.7 Å². The second-order valence-electron chi connectivity index (χ2n) is 17.6. The van der Waals surface area contributed by atoms with Crippen molar-refractivity contribution < 1.29 is 17.9 Å². The molecule has 4 aromatic heterocycles. The molecule has 0 bridgehead atoms. The molecule has 3 fully saturated rings. The van der Waals surface area contributed by atoms with Crippen molar-refractivity contribution >= 4 is 43.2 Å². The van der Waals surface area contributed by atoms with Crippen LogP contribution in [0, 0.1) is 0 Å². The van der Waals surface area contributed by atoms with Crippen molar-refractivity contribution in [3.05, 3.63) is 126 Å². The van der Waals surface area contributed by atoms with E-state index in [2.05, 4.69) is 89.9 Å². The Bertz CT molecular complexity index is 2820. The number of nitrogens with zero attached hydrogens (tertiary/aromatic N) is 7. The molecule has 1 aliphatic carbocycles. The summed E-state index contributed by atoms with van der Waals surface area (Å²) in [5.74, 6) is 1.10. The van der Waals surface area contributed by atoms with Crippen molar-refractivity contribution in [2.24, 2.45) is 0 Å². The molecule has 0 spiro atoms. The van der Waals surface area contributed by atoms with Gasteiger partial charge in [0.15, 0.2) is 21.1 Å². The molecule has 1 amide bonds. The maximum Gasteiger partial charge on any atom is 0.410 e. The quantitative estimate of drug-likeness (QED) is 0.166. The molecule has 320 valence electrons. The van der Waals surface area contributed by atoms with Crippen molar-refractivity contribution in [2.45, 2.75) is 86.9 Å². The number of ether oxygens (including phenoxy) is 1. The normalized spacial score (nSPS) is 16.6. The predicted molar refractivity (Wildman–Crippen MR) is 245 cm³/mol. The number of aromatic nitrogens is 6. The summed E-state index contributed by atoms with van der Waals surface area (Å²) in [7, 11) is -3.24. The minimum absolute atomic E-state index is 0.209. The van der Waals surface area contributed by atoms with E-state index in [1.165, 1.54) is 24.0 Å². The maximum absolute atomic E-state index is 12.7. The summed E-state index contributed by atoms with van der Waals surface area (Å²) in [5, 5.41) is 12.0. The van der Waals surface area contributed by atoms with Crippen LogP contribution in [0.3, 0.4) is 0 Å². The summed E-state index contributed by atoms with van der Waals surface area (Å²) in [5.41, 5.74) is 9.68. The van der Waals surface area contributed by atoms with Crippen LogP contribution < -0.4 is 5.32 Å². The maximum atomic E-state index is 12.7. The van der Waals surface area contributed by atoms with Gasteiger partial charge in [-0.05, 0) is 140 Å². The van der Waals surface area contributed by atoms with Crippen LogP contribution in [0.15, 0.2) is 119 Å².